The standard InChI is InChI=1S/C13H13N3O3.C2H6/c1-7-4-8-6-16(13(19)9(8)5-14-7)10-2-3-11(17)15-12(10)18;1-2/h4-5,10H,2-3,6H2,1H3,(H,15,17,18);1-2H3. The van der Waals surface area contributed by atoms with Gasteiger partial charge < -0.3 is 4.90 Å². The van der Waals surface area contributed by atoms with E-state index in [1.54, 1.807) is 6.20 Å². The molecule has 1 atom stereocenters. The van der Waals surface area contributed by atoms with Crippen LogP contribution in [0.15, 0.2) is 12.3 Å². The Bertz CT molecular complexity index is 598. The summed E-state index contributed by atoms with van der Waals surface area (Å²) in [6.45, 7) is 6.27. The molecule has 0 aromatic carbocycles. The summed E-state index contributed by atoms with van der Waals surface area (Å²) in [6.07, 6.45) is 2.21. The number of hydrogen-bond donors (Lipinski definition) is 1. The maximum Gasteiger partial charge on any atom is 0.256 e. The molecule has 0 aliphatic carbocycles. The van der Waals surface area contributed by atoms with Crippen LogP contribution in [0.3, 0.4) is 0 Å². The van der Waals surface area contributed by atoms with Crippen molar-refractivity contribution in [1.82, 2.24) is 15.2 Å². The fraction of sp³-hybridized carbons (Fsp3) is 0.467. The molecule has 1 unspecified atom stereocenters. The number of rotatable bonds is 1. The highest BCUT2D eigenvalue weighted by atomic mass is 16.2. The lowest BCUT2D eigenvalue weighted by Crippen LogP contribution is -2.52. The van der Waals surface area contributed by atoms with Crippen LogP contribution >= 0.6 is 0 Å². The van der Waals surface area contributed by atoms with Gasteiger partial charge in [0.1, 0.15) is 6.04 Å². The highest BCUT2D eigenvalue weighted by molar-refractivity contribution is 6.05. The molecule has 1 aromatic heterocycles. The van der Waals surface area contributed by atoms with Crippen molar-refractivity contribution in [2.75, 3.05) is 0 Å². The highest BCUT2D eigenvalue weighted by Gasteiger charge is 2.39. The molecule has 2 aliphatic rings. The van der Waals surface area contributed by atoms with Gasteiger partial charge in [0.25, 0.3) is 5.91 Å². The van der Waals surface area contributed by atoms with Crippen molar-refractivity contribution < 1.29 is 14.4 Å². The van der Waals surface area contributed by atoms with Crippen LogP contribution in [0.4, 0.5) is 0 Å². The summed E-state index contributed by atoms with van der Waals surface area (Å²) in [4.78, 5) is 40.8. The zero-order valence-electron chi connectivity index (χ0n) is 12.5. The maximum atomic E-state index is 12.3. The Balaban J connectivity index is 0.000000774. The number of carbonyl (C=O) groups is 3. The molecule has 0 spiro atoms. The van der Waals surface area contributed by atoms with Crippen molar-refractivity contribution in [2.45, 2.75) is 46.2 Å². The Morgan fingerprint density at radius 1 is 1.29 bits per heavy atom. The first-order valence-corrected chi connectivity index (χ1v) is 7.16. The Hall–Kier alpha value is -2.24. The van der Waals surface area contributed by atoms with Gasteiger partial charge in [-0.2, -0.15) is 0 Å². The van der Waals surface area contributed by atoms with Crippen LogP contribution in [0, 0.1) is 6.92 Å². The van der Waals surface area contributed by atoms with Crippen LogP contribution < -0.4 is 5.32 Å². The van der Waals surface area contributed by atoms with Gasteiger partial charge in [-0.15, -0.1) is 0 Å². The summed E-state index contributed by atoms with van der Waals surface area (Å²) >= 11 is 0. The molecule has 0 radical (unpaired) electrons. The smallest absolute Gasteiger partial charge is 0.256 e. The van der Waals surface area contributed by atoms with E-state index in [-0.39, 0.29) is 24.1 Å². The van der Waals surface area contributed by atoms with E-state index in [4.69, 9.17) is 0 Å². The van der Waals surface area contributed by atoms with Gasteiger partial charge in [0.15, 0.2) is 0 Å². The van der Waals surface area contributed by atoms with Crippen LogP contribution in [0.2, 0.25) is 0 Å². The van der Waals surface area contributed by atoms with Crippen LogP contribution in [0.1, 0.15) is 48.3 Å². The number of hydrogen-bond acceptors (Lipinski definition) is 4. The van der Waals surface area contributed by atoms with E-state index >= 15 is 0 Å². The lowest BCUT2D eigenvalue weighted by molar-refractivity contribution is -0.136. The summed E-state index contributed by atoms with van der Waals surface area (Å²) in [5, 5.41) is 2.28. The summed E-state index contributed by atoms with van der Waals surface area (Å²) < 4.78 is 0. The highest BCUT2D eigenvalue weighted by Crippen LogP contribution is 2.27. The predicted molar refractivity (Wildman–Crippen MR) is 76.4 cm³/mol. The van der Waals surface area contributed by atoms with E-state index < -0.39 is 6.04 Å². The molecule has 1 saturated heterocycles. The minimum Gasteiger partial charge on any atom is -0.322 e. The number of pyridine rings is 1. The summed E-state index contributed by atoms with van der Waals surface area (Å²) in [5.74, 6) is -0.845. The summed E-state index contributed by atoms with van der Waals surface area (Å²) in [7, 11) is 0. The number of imide groups is 1. The molecule has 112 valence electrons. The Morgan fingerprint density at radius 2 is 2.00 bits per heavy atom. The van der Waals surface area contributed by atoms with Gasteiger partial charge in [-0.25, -0.2) is 0 Å². The largest absolute Gasteiger partial charge is 0.322 e. The van der Waals surface area contributed by atoms with Crippen LogP contribution in [-0.4, -0.2) is 33.6 Å². The van der Waals surface area contributed by atoms with Gasteiger partial charge in [-0.1, -0.05) is 13.8 Å². The average Bonchev–Trinajstić information content (AvgIpc) is 2.77. The molecule has 6 heteroatoms. The lowest BCUT2D eigenvalue weighted by Gasteiger charge is -2.29. The molecule has 6 nitrogen and oxygen atoms in total. The topological polar surface area (TPSA) is 79.4 Å². The lowest BCUT2D eigenvalue weighted by atomic mass is 10.0. The van der Waals surface area contributed by atoms with E-state index in [0.717, 1.165) is 11.3 Å². The molecular weight excluding hydrogens is 270 g/mol. The first-order chi connectivity index (χ1) is 10.1. The van der Waals surface area contributed by atoms with E-state index in [1.807, 2.05) is 26.8 Å². The van der Waals surface area contributed by atoms with Crippen molar-refractivity contribution in [3.8, 4) is 0 Å². The molecule has 0 saturated carbocycles. The third-order valence-electron chi connectivity index (χ3n) is 3.54. The first kappa shape index (κ1) is 15.2. The normalized spacial score (nSPS) is 20.6. The number of piperidine rings is 1. The van der Waals surface area contributed by atoms with Gasteiger partial charge >= 0.3 is 0 Å². The molecule has 1 N–H and O–H groups in total. The van der Waals surface area contributed by atoms with Crippen molar-refractivity contribution in [3.63, 3.8) is 0 Å². The first-order valence-electron chi connectivity index (χ1n) is 7.16. The number of aryl methyl sites for hydroxylation is 1. The zero-order valence-corrected chi connectivity index (χ0v) is 12.5. The van der Waals surface area contributed by atoms with E-state index in [9.17, 15) is 14.4 Å². The van der Waals surface area contributed by atoms with Gasteiger partial charge in [-0.3, -0.25) is 24.7 Å². The van der Waals surface area contributed by atoms with E-state index in [1.165, 1.54) is 4.90 Å². The number of amides is 3. The second-order valence-corrected chi connectivity index (χ2v) is 4.88. The Morgan fingerprint density at radius 3 is 2.67 bits per heavy atom. The zero-order chi connectivity index (χ0) is 15.6. The van der Waals surface area contributed by atoms with Gasteiger partial charge in [0, 0.05) is 24.9 Å². The Labute approximate surface area is 123 Å². The number of nitrogens with one attached hydrogen (secondary N) is 1. The average molecular weight is 289 g/mol. The monoisotopic (exact) mass is 289 g/mol. The summed E-state index contributed by atoms with van der Waals surface area (Å²) in [6, 6.07) is 1.30. The van der Waals surface area contributed by atoms with Gasteiger partial charge in [0.05, 0.1) is 5.56 Å². The molecule has 0 bridgehead atoms. The SMILES string of the molecule is CC.Cc1cc2c(cn1)C(=O)N(C1CCC(=O)NC1=O)C2. The Kier molecular flexibility index (Phi) is 4.35. The van der Waals surface area contributed by atoms with E-state index in [2.05, 4.69) is 10.3 Å². The molecule has 2 aliphatic heterocycles. The number of aromatic nitrogens is 1. The second-order valence-electron chi connectivity index (χ2n) is 4.88. The number of fused-ring (bicyclic) bond motifs is 1. The molecular formula is C15H19N3O3. The molecule has 1 fully saturated rings. The molecule has 3 amide bonds. The minimum atomic E-state index is -0.557. The van der Waals surface area contributed by atoms with Crippen LogP contribution in [0.25, 0.3) is 0 Å². The van der Waals surface area contributed by atoms with Crippen molar-refractivity contribution in [3.05, 3.63) is 29.1 Å². The number of carbonyl (C=O) groups excluding carboxylic acids is 3. The second kappa shape index (κ2) is 6.03. The predicted octanol–water partition coefficient (Wildman–Crippen LogP) is 1.18. The van der Waals surface area contributed by atoms with Crippen molar-refractivity contribution in [2.24, 2.45) is 0 Å². The molecule has 3 rings (SSSR count). The fourth-order valence-corrected chi connectivity index (χ4v) is 2.58. The quantitative estimate of drug-likeness (QED) is 0.787. The van der Waals surface area contributed by atoms with Crippen LogP contribution in [-0.2, 0) is 16.1 Å². The molecule has 3 heterocycles. The van der Waals surface area contributed by atoms with Gasteiger partial charge in [0.2, 0.25) is 11.8 Å². The third kappa shape index (κ3) is 2.79. The molecule has 1 aromatic rings. The summed E-state index contributed by atoms with van der Waals surface area (Å²) in [5.41, 5.74) is 2.29. The maximum absolute atomic E-state index is 12.3. The van der Waals surface area contributed by atoms with Crippen LogP contribution in [0.5, 0.6) is 0 Å². The fourth-order valence-electron chi connectivity index (χ4n) is 2.58. The van der Waals surface area contributed by atoms with Crippen molar-refractivity contribution >= 4 is 17.7 Å². The minimum absolute atomic E-state index is 0.183. The third-order valence-corrected chi connectivity index (χ3v) is 3.54. The van der Waals surface area contributed by atoms with Crippen molar-refractivity contribution in [1.29, 1.82) is 0 Å². The van der Waals surface area contributed by atoms with Gasteiger partial charge in [-0.05, 0) is 25.0 Å². The van der Waals surface area contributed by atoms with E-state index in [0.29, 0.717) is 18.5 Å². The number of nitrogens with zero attached hydrogens (tertiary/aromatic N) is 2. The molecule has 21 heavy (non-hydrogen) atoms.